The third-order valence-corrected chi connectivity index (χ3v) is 3.08. The molecule has 1 aromatic rings. The van der Waals surface area contributed by atoms with E-state index in [2.05, 4.69) is 44.9 Å². The second kappa shape index (κ2) is 6.90. The molecule has 3 nitrogen and oxygen atoms in total. The van der Waals surface area contributed by atoms with Crippen molar-refractivity contribution in [1.82, 2.24) is 10.3 Å². The largest absolute Gasteiger partial charge is 0.491 e. The van der Waals surface area contributed by atoms with Crippen LogP contribution in [0.15, 0.2) is 12.1 Å². The number of aryl methyl sites for hydroxylation is 1. The van der Waals surface area contributed by atoms with Gasteiger partial charge in [0.25, 0.3) is 0 Å². The molecular weight excluding hydrogens is 236 g/mol. The molecule has 0 saturated heterocycles. The molecule has 0 aromatic carbocycles. The zero-order chi connectivity index (χ0) is 14.5. The Labute approximate surface area is 117 Å². The van der Waals surface area contributed by atoms with E-state index in [0.29, 0.717) is 5.92 Å². The molecule has 0 fully saturated rings. The van der Waals surface area contributed by atoms with Crippen molar-refractivity contribution in [3.8, 4) is 5.75 Å². The quantitative estimate of drug-likeness (QED) is 0.850. The maximum Gasteiger partial charge on any atom is 0.142 e. The fourth-order valence-electron chi connectivity index (χ4n) is 1.55. The topological polar surface area (TPSA) is 34.1 Å². The first-order valence-corrected chi connectivity index (χ1v) is 7.16. The molecule has 1 aromatic heterocycles. The van der Waals surface area contributed by atoms with Gasteiger partial charge in [-0.25, -0.2) is 0 Å². The second-order valence-electron chi connectivity index (χ2n) is 6.33. The van der Waals surface area contributed by atoms with Crippen molar-refractivity contribution in [3.05, 3.63) is 23.5 Å². The summed E-state index contributed by atoms with van der Waals surface area (Å²) in [5, 5.41) is 3.46. The summed E-state index contributed by atoms with van der Waals surface area (Å²) in [4.78, 5) is 4.59. The van der Waals surface area contributed by atoms with Crippen LogP contribution in [0.3, 0.4) is 0 Å². The Balaban J connectivity index is 2.74. The van der Waals surface area contributed by atoms with Gasteiger partial charge in [-0.2, -0.15) is 0 Å². The van der Waals surface area contributed by atoms with E-state index in [1.54, 1.807) is 0 Å². The lowest BCUT2D eigenvalue weighted by atomic mass is 10.1. The van der Waals surface area contributed by atoms with Crippen LogP contribution in [0, 0.1) is 12.8 Å². The molecule has 0 saturated carbocycles. The number of ether oxygens (including phenoxy) is 1. The van der Waals surface area contributed by atoms with Gasteiger partial charge in [-0.15, -0.1) is 0 Å². The summed E-state index contributed by atoms with van der Waals surface area (Å²) in [5.74, 6) is 1.48. The third kappa shape index (κ3) is 6.06. The molecule has 0 bridgehead atoms. The van der Waals surface area contributed by atoms with Crippen LogP contribution >= 0.6 is 0 Å². The van der Waals surface area contributed by atoms with Crippen molar-refractivity contribution >= 4 is 0 Å². The Hall–Kier alpha value is -1.09. The molecule has 0 spiro atoms. The van der Waals surface area contributed by atoms with E-state index < -0.39 is 0 Å². The maximum atomic E-state index is 5.91. The van der Waals surface area contributed by atoms with E-state index in [0.717, 1.165) is 36.7 Å². The Kier molecular flexibility index (Phi) is 5.80. The molecule has 19 heavy (non-hydrogen) atoms. The van der Waals surface area contributed by atoms with Gasteiger partial charge < -0.3 is 10.1 Å². The lowest BCUT2D eigenvalue weighted by molar-refractivity contribution is 0.251. The first kappa shape index (κ1) is 16.0. The van der Waals surface area contributed by atoms with E-state index in [1.165, 1.54) is 0 Å². The van der Waals surface area contributed by atoms with E-state index in [1.807, 2.05) is 19.1 Å². The van der Waals surface area contributed by atoms with E-state index in [-0.39, 0.29) is 5.54 Å². The van der Waals surface area contributed by atoms with E-state index in [9.17, 15) is 0 Å². The van der Waals surface area contributed by atoms with Crippen LogP contribution in [-0.2, 0) is 6.54 Å². The molecule has 108 valence electrons. The molecule has 1 atom stereocenters. The van der Waals surface area contributed by atoms with Crippen LogP contribution in [0.2, 0.25) is 0 Å². The summed E-state index contributed by atoms with van der Waals surface area (Å²) in [7, 11) is 0. The highest BCUT2D eigenvalue weighted by Gasteiger charge is 2.13. The molecule has 0 amide bonds. The Morgan fingerprint density at radius 3 is 2.58 bits per heavy atom. The molecule has 1 heterocycles. The van der Waals surface area contributed by atoms with Crippen molar-refractivity contribution in [3.63, 3.8) is 0 Å². The number of nitrogens with one attached hydrogen (secondary N) is 1. The standard InChI is InChI=1S/C16H28N2O/c1-7-12(2)11-19-15-9-8-13(3)18-14(15)10-17-16(4,5)6/h8-9,12,17H,7,10-11H2,1-6H3. The van der Waals surface area contributed by atoms with Crippen LogP contribution in [0.25, 0.3) is 0 Å². The minimum atomic E-state index is 0.0827. The lowest BCUT2D eigenvalue weighted by Gasteiger charge is -2.21. The van der Waals surface area contributed by atoms with Gasteiger partial charge in [-0.1, -0.05) is 20.3 Å². The van der Waals surface area contributed by atoms with Crippen molar-refractivity contribution in [2.45, 2.75) is 60.0 Å². The number of hydrogen-bond acceptors (Lipinski definition) is 3. The number of rotatable bonds is 6. The summed E-state index contributed by atoms with van der Waals surface area (Å²) in [6.45, 7) is 14.4. The van der Waals surface area contributed by atoms with E-state index in [4.69, 9.17) is 4.74 Å². The average Bonchev–Trinajstić information content (AvgIpc) is 2.33. The predicted molar refractivity (Wildman–Crippen MR) is 80.5 cm³/mol. The van der Waals surface area contributed by atoms with Gasteiger partial charge in [0.1, 0.15) is 5.75 Å². The Bertz CT molecular complexity index is 396. The molecule has 1 rings (SSSR count). The highest BCUT2D eigenvalue weighted by atomic mass is 16.5. The summed E-state index contributed by atoms with van der Waals surface area (Å²) in [5.41, 5.74) is 2.11. The zero-order valence-electron chi connectivity index (χ0n) is 13.2. The summed E-state index contributed by atoms with van der Waals surface area (Å²) in [6.07, 6.45) is 1.13. The van der Waals surface area contributed by atoms with Crippen LogP contribution in [-0.4, -0.2) is 17.1 Å². The predicted octanol–water partition coefficient (Wildman–Crippen LogP) is 3.70. The molecule has 1 unspecified atom stereocenters. The van der Waals surface area contributed by atoms with Gasteiger partial charge in [0, 0.05) is 17.8 Å². The van der Waals surface area contributed by atoms with Gasteiger partial charge in [-0.3, -0.25) is 4.98 Å². The number of pyridine rings is 1. The first-order valence-electron chi connectivity index (χ1n) is 7.16. The van der Waals surface area contributed by atoms with Gasteiger partial charge in [0.05, 0.1) is 12.3 Å². The number of aromatic nitrogens is 1. The highest BCUT2D eigenvalue weighted by Crippen LogP contribution is 2.19. The van der Waals surface area contributed by atoms with E-state index >= 15 is 0 Å². The van der Waals surface area contributed by atoms with Gasteiger partial charge in [-0.05, 0) is 45.7 Å². The second-order valence-corrected chi connectivity index (χ2v) is 6.33. The molecule has 1 N–H and O–H groups in total. The number of hydrogen-bond donors (Lipinski definition) is 1. The maximum absolute atomic E-state index is 5.91. The Morgan fingerprint density at radius 2 is 2.00 bits per heavy atom. The van der Waals surface area contributed by atoms with Gasteiger partial charge >= 0.3 is 0 Å². The zero-order valence-corrected chi connectivity index (χ0v) is 13.2. The fourth-order valence-corrected chi connectivity index (χ4v) is 1.55. The lowest BCUT2D eigenvalue weighted by Crippen LogP contribution is -2.35. The van der Waals surface area contributed by atoms with Crippen LogP contribution in [0.5, 0.6) is 5.75 Å². The van der Waals surface area contributed by atoms with Crippen molar-refractivity contribution in [2.24, 2.45) is 5.92 Å². The minimum Gasteiger partial charge on any atom is -0.491 e. The Morgan fingerprint density at radius 1 is 1.32 bits per heavy atom. The van der Waals surface area contributed by atoms with Crippen LogP contribution in [0.4, 0.5) is 0 Å². The highest BCUT2D eigenvalue weighted by molar-refractivity contribution is 5.29. The van der Waals surface area contributed by atoms with Gasteiger partial charge in [0.2, 0.25) is 0 Å². The minimum absolute atomic E-state index is 0.0827. The summed E-state index contributed by atoms with van der Waals surface area (Å²) >= 11 is 0. The van der Waals surface area contributed by atoms with Crippen molar-refractivity contribution in [1.29, 1.82) is 0 Å². The third-order valence-electron chi connectivity index (χ3n) is 3.08. The van der Waals surface area contributed by atoms with Crippen molar-refractivity contribution < 1.29 is 4.74 Å². The number of nitrogens with zero attached hydrogens (tertiary/aromatic N) is 1. The molecule has 0 aliphatic rings. The smallest absolute Gasteiger partial charge is 0.142 e. The summed E-state index contributed by atoms with van der Waals surface area (Å²) in [6, 6.07) is 4.04. The summed E-state index contributed by atoms with van der Waals surface area (Å²) < 4.78 is 5.91. The normalized spacial score (nSPS) is 13.4. The monoisotopic (exact) mass is 264 g/mol. The SMILES string of the molecule is CCC(C)COc1ccc(C)nc1CNC(C)(C)C. The first-order chi connectivity index (χ1) is 8.81. The molecule has 0 aliphatic carbocycles. The van der Waals surface area contributed by atoms with Crippen molar-refractivity contribution in [2.75, 3.05) is 6.61 Å². The van der Waals surface area contributed by atoms with Crippen LogP contribution < -0.4 is 10.1 Å². The molecular formula is C16H28N2O. The van der Waals surface area contributed by atoms with Gasteiger partial charge in [0.15, 0.2) is 0 Å². The van der Waals surface area contributed by atoms with Crippen LogP contribution in [0.1, 0.15) is 52.4 Å². The average molecular weight is 264 g/mol. The molecule has 3 heteroatoms. The fraction of sp³-hybridized carbons (Fsp3) is 0.688. The molecule has 0 aliphatic heterocycles. The molecule has 0 radical (unpaired) electrons.